The molecule has 0 saturated carbocycles. The van der Waals surface area contributed by atoms with Gasteiger partial charge in [-0.15, -0.1) is 0 Å². The van der Waals surface area contributed by atoms with E-state index in [2.05, 4.69) is 21.2 Å². The number of benzene rings is 3. The van der Waals surface area contributed by atoms with Crippen molar-refractivity contribution < 1.29 is 9.47 Å². The van der Waals surface area contributed by atoms with E-state index in [1.165, 1.54) is 5.56 Å². The monoisotopic (exact) mass is 541 g/mol. The van der Waals surface area contributed by atoms with Gasteiger partial charge in [0.1, 0.15) is 6.61 Å². The highest BCUT2D eigenvalue weighted by Crippen LogP contribution is 2.38. The molecule has 164 valence electrons. The Hall–Kier alpha value is -1.43. The highest BCUT2D eigenvalue weighted by molar-refractivity contribution is 9.10. The minimum atomic E-state index is 0.246. The quantitative estimate of drug-likeness (QED) is 0.266. The summed E-state index contributed by atoms with van der Waals surface area (Å²) in [5, 5.41) is 5.37. The molecule has 0 radical (unpaired) electrons. The Bertz CT molecular complexity index is 992. The lowest BCUT2D eigenvalue weighted by atomic mass is 10.1. The van der Waals surface area contributed by atoms with Crippen LogP contribution in [0.15, 0.2) is 59.1 Å². The van der Waals surface area contributed by atoms with Crippen molar-refractivity contribution in [3.63, 3.8) is 0 Å². The molecule has 0 heterocycles. The van der Waals surface area contributed by atoms with E-state index in [9.17, 15) is 0 Å². The van der Waals surface area contributed by atoms with Gasteiger partial charge in [0.05, 0.1) is 11.1 Å². The zero-order valence-electron chi connectivity index (χ0n) is 17.1. The number of hydrogen-bond donors (Lipinski definition) is 1. The first-order valence-corrected chi connectivity index (χ1v) is 11.9. The first kappa shape index (κ1) is 24.2. The fraction of sp³-hybridized carbons (Fsp3) is 0.250. The molecule has 0 saturated heterocycles. The standard InChI is InChI=1S/C24H23BrCl3NO2/c1-2-30-23-13-17(14-29-11-10-16-6-8-18(26)9-7-16)12-20(25)24(23)31-15-19-21(27)4-3-5-22(19)28/h3-9,12-13,29H,2,10-11,14-15H2,1H3. The smallest absolute Gasteiger partial charge is 0.175 e. The number of ether oxygens (including phenoxy) is 2. The van der Waals surface area contributed by atoms with Gasteiger partial charge >= 0.3 is 0 Å². The summed E-state index contributed by atoms with van der Waals surface area (Å²) in [4.78, 5) is 0. The molecule has 3 aromatic carbocycles. The maximum atomic E-state index is 6.26. The van der Waals surface area contributed by atoms with Crippen molar-refractivity contribution in [2.24, 2.45) is 0 Å². The first-order valence-electron chi connectivity index (χ1n) is 9.94. The zero-order chi connectivity index (χ0) is 22.2. The third kappa shape index (κ3) is 7.03. The van der Waals surface area contributed by atoms with Gasteiger partial charge in [0, 0.05) is 27.2 Å². The summed E-state index contributed by atoms with van der Waals surface area (Å²) < 4.78 is 12.7. The lowest BCUT2D eigenvalue weighted by Crippen LogP contribution is -2.17. The van der Waals surface area contributed by atoms with E-state index in [1.54, 1.807) is 12.1 Å². The van der Waals surface area contributed by atoms with Crippen LogP contribution in [0.4, 0.5) is 0 Å². The molecule has 0 aromatic heterocycles. The highest BCUT2D eigenvalue weighted by atomic mass is 79.9. The van der Waals surface area contributed by atoms with Gasteiger partial charge < -0.3 is 14.8 Å². The van der Waals surface area contributed by atoms with E-state index in [0.717, 1.165) is 33.6 Å². The Kier molecular flexibility index (Phi) is 9.36. The summed E-state index contributed by atoms with van der Waals surface area (Å²) in [5.74, 6) is 1.30. The molecule has 1 N–H and O–H groups in total. The Morgan fingerprint density at radius 3 is 2.29 bits per heavy atom. The molecule has 0 amide bonds. The largest absolute Gasteiger partial charge is 0.490 e. The normalized spacial score (nSPS) is 10.9. The number of hydrogen-bond acceptors (Lipinski definition) is 3. The summed E-state index contributed by atoms with van der Waals surface area (Å²) in [5.41, 5.74) is 3.08. The summed E-state index contributed by atoms with van der Waals surface area (Å²) in [6.45, 7) is 4.29. The second-order valence-electron chi connectivity index (χ2n) is 6.88. The first-order chi connectivity index (χ1) is 15.0. The van der Waals surface area contributed by atoms with Crippen LogP contribution in [-0.4, -0.2) is 13.2 Å². The van der Waals surface area contributed by atoms with Gasteiger partial charge in [-0.25, -0.2) is 0 Å². The van der Waals surface area contributed by atoms with Crippen molar-refractivity contribution in [1.82, 2.24) is 5.32 Å². The molecule has 31 heavy (non-hydrogen) atoms. The fourth-order valence-electron chi connectivity index (χ4n) is 3.06. The number of nitrogens with one attached hydrogen (secondary N) is 1. The van der Waals surface area contributed by atoms with Crippen molar-refractivity contribution >= 4 is 50.7 Å². The van der Waals surface area contributed by atoms with Crippen LogP contribution in [0.5, 0.6) is 11.5 Å². The van der Waals surface area contributed by atoms with Gasteiger partial charge in [-0.2, -0.15) is 0 Å². The number of rotatable bonds is 10. The minimum absolute atomic E-state index is 0.246. The second-order valence-corrected chi connectivity index (χ2v) is 8.99. The summed E-state index contributed by atoms with van der Waals surface area (Å²) in [6.07, 6.45) is 0.927. The lowest BCUT2D eigenvalue weighted by molar-refractivity contribution is 0.267. The van der Waals surface area contributed by atoms with Gasteiger partial charge in [-0.1, -0.05) is 53.0 Å². The Morgan fingerprint density at radius 1 is 0.903 bits per heavy atom. The van der Waals surface area contributed by atoms with Gasteiger partial charge in [0.15, 0.2) is 11.5 Å². The zero-order valence-corrected chi connectivity index (χ0v) is 20.9. The van der Waals surface area contributed by atoms with Crippen LogP contribution in [0.25, 0.3) is 0 Å². The molecule has 3 rings (SSSR count). The summed E-state index contributed by atoms with van der Waals surface area (Å²) in [6, 6.07) is 17.3. The van der Waals surface area contributed by atoms with Crippen LogP contribution in [-0.2, 0) is 19.6 Å². The van der Waals surface area contributed by atoms with Crippen molar-refractivity contribution in [3.05, 3.63) is 90.8 Å². The van der Waals surface area contributed by atoms with Gasteiger partial charge in [-0.05, 0) is 83.3 Å². The molecule has 0 aliphatic heterocycles. The SMILES string of the molecule is CCOc1cc(CNCCc2ccc(Cl)cc2)cc(Br)c1OCc1c(Cl)cccc1Cl. The lowest BCUT2D eigenvalue weighted by Gasteiger charge is -2.17. The number of halogens is 4. The Balaban J connectivity index is 1.64. The van der Waals surface area contributed by atoms with Gasteiger partial charge in [-0.3, -0.25) is 0 Å². The van der Waals surface area contributed by atoms with Gasteiger partial charge in [0.2, 0.25) is 0 Å². The Morgan fingerprint density at radius 2 is 1.61 bits per heavy atom. The molecule has 0 spiro atoms. The third-order valence-electron chi connectivity index (χ3n) is 4.62. The third-order valence-corrected chi connectivity index (χ3v) is 6.17. The predicted molar refractivity (Wildman–Crippen MR) is 133 cm³/mol. The van der Waals surface area contributed by atoms with E-state index in [1.807, 2.05) is 49.4 Å². The van der Waals surface area contributed by atoms with E-state index >= 15 is 0 Å². The van der Waals surface area contributed by atoms with Crippen molar-refractivity contribution in [1.29, 1.82) is 0 Å². The molecule has 0 bridgehead atoms. The molecule has 7 heteroatoms. The molecule has 0 aliphatic carbocycles. The Labute approximate surface area is 206 Å². The molecular weight excluding hydrogens is 521 g/mol. The summed E-state index contributed by atoms with van der Waals surface area (Å²) in [7, 11) is 0. The van der Waals surface area contributed by atoms with E-state index < -0.39 is 0 Å². The molecular formula is C24H23BrCl3NO2. The van der Waals surface area contributed by atoms with Crippen LogP contribution in [0, 0.1) is 0 Å². The second kappa shape index (κ2) is 12.0. The van der Waals surface area contributed by atoms with Crippen molar-refractivity contribution in [2.45, 2.75) is 26.5 Å². The van der Waals surface area contributed by atoms with Crippen LogP contribution in [0.2, 0.25) is 15.1 Å². The van der Waals surface area contributed by atoms with Crippen LogP contribution in [0.1, 0.15) is 23.6 Å². The molecule has 3 aromatic rings. The summed E-state index contributed by atoms with van der Waals surface area (Å²) >= 11 is 22.1. The van der Waals surface area contributed by atoms with Gasteiger partial charge in [0.25, 0.3) is 0 Å². The predicted octanol–water partition coefficient (Wildman–Crippen LogP) is 7.72. The van der Waals surface area contributed by atoms with E-state index in [0.29, 0.717) is 34.7 Å². The van der Waals surface area contributed by atoms with E-state index in [-0.39, 0.29) is 6.61 Å². The van der Waals surface area contributed by atoms with Crippen LogP contribution in [0.3, 0.4) is 0 Å². The molecule has 0 fully saturated rings. The average molecular weight is 544 g/mol. The van der Waals surface area contributed by atoms with Crippen molar-refractivity contribution in [3.8, 4) is 11.5 Å². The highest BCUT2D eigenvalue weighted by Gasteiger charge is 2.14. The topological polar surface area (TPSA) is 30.5 Å². The fourth-order valence-corrected chi connectivity index (χ4v) is 4.29. The minimum Gasteiger partial charge on any atom is -0.490 e. The molecule has 0 aliphatic rings. The molecule has 3 nitrogen and oxygen atoms in total. The average Bonchev–Trinajstić information content (AvgIpc) is 2.74. The molecule has 0 unspecified atom stereocenters. The van der Waals surface area contributed by atoms with Crippen LogP contribution >= 0.6 is 50.7 Å². The maximum absolute atomic E-state index is 6.26. The van der Waals surface area contributed by atoms with E-state index in [4.69, 9.17) is 44.3 Å². The molecule has 0 atom stereocenters. The maximum Gasteiger partial charge on any atom is 0.175 e. The van der Waals surface area contributed by atoms with Crippen molar-refractivity contribution in [2.75, 3.05) is 13.2 Å². The van der Waals surface area contributed by atoms with Crippen LogP contribution < -0.4 is 14.8 Å².